The summed E-state index contributed by atoms with van der Waals surface area (Å²) in [7, 11) is 0. The summed E-state index contributed by atoms with van der Waals surface area (Å²) in [6, 6.07) is 5.69. The number of nitrogens with two attached hydrogens (primary N) is 2. The summed E-state index contributed by atoms with van der Waals surface area (Å²) in [6.45, 7) is 0.427. The Kier molecular flexibility index (Phi) is 7.70. The molecule has 24 heavy (non-hydrogen) atoms. The number of Topliss-reactive ketones (excluding diaryl/α,β-unsaturated/α-hetero) is 1. The van der Waals surface area contributed by atoms with E-state index in [2.05, 4.69) is 5.32 Å². The van der Waals surface area contributed by atoms with Crippen molar-refractivity contribution in [1.29, 1.82) is 5.41 Å². The highest BCUT2D eigenvalue weighted by molar-refractivity contribution is 5.87. The first kappa shape index (κ1) is 19.4. The summed E-state index contributed by atoms with van der Waals surface area (Å²) in [5.74, 6) is -2.51. The van der Waals surface area contributed by atoms with Gasteiger partial charge in [0.15, 0.2) is 5.96 Å². The lowest BCUT2D eigenvalue weighted by Crippen LogP contribution is -2.36. The summed E-state index contributed by atoms with van der Waals surface area (Å²) in [5.41, 5.74) is 11.4. The maximum absolute atomic E-state index is 12.1. The molecule has 0 saturated carbocycles. The molecule has 2 atom stereocenters. The minimum Gasteiger partial charge on any atom is -0.508 e. The van der Waals surface area contributed by atoms with Gasteiger partial charge in [-0.25, -0.2) is 0 Å². The Balaban J connectivity index is 2.55. The largest absolute Gasteiger partial charge is 0.508 e. The highest BCUT2D eigenvalue weighted by Crippen LogP contribution is 2.22. The molecule has 132 valence electrons. The van der Waals surface area contributed by atoms with E-state index >= 15 is 0 Å². The van der Waals surface area contributed by atoms with Crippen molar-refractivity contribution < 1.29 is 19.8 Å². The van der Waals surface area contributed by atoms with Crippen molar-refractivity contribution >= 4 is 17.7 Å². The number of phenolic OH excluding ortho intramolecular Hbond substituents is 1. The predicted molar refractivity (Wildman–Crippen MR) is 89.7 cm³/mol. The number of guanidine groups is 1. The van der Waals surface area contributed by atoms with Gasteiger partial charge in [0, 0.05) is 13.0 Å². The molecule has 0 spiro atoms. The summed E-state index contributed by atoms with van der Waals surface area (Å²) in [6.07, 6.45) is 0.795. The summed E-state index contributed by atoms with van der Waals surface area (Å²) in [4.78, 5) is 23.5. The van der Waals surface area contributed by atoms with Gasteiger partial charge in [-0.15, -0.1) is 0 Å². The number of aliphatic carboxylic acids is 1. The van der Waals surface area contributed by atoms with Gasteiger partial charge in [-0.05, 0) is 30.9 Å². The molecule has 8 N–H and O–H groups in total. The Labute approximate surface area is 140 Å². The van der Waals surface area contributed by atoms with Crippen LogP contribution in [0.1, 0.15) is 24.8 Å². The maximum Gasteiger partial charge on any atom is 0.307 e. The van der Waals surface area contributed by atoms with E-state index < -0.39 is 17.9 Å². The molecule has 0 aromatic heterocycles. The Hall–Kier alpha value is -2.61. The molecular weight excluding hydrogens is 312 g/mol. The summed E-state index contributed by atoms with van der Waals surface area (Å²) >= 11 is 0. The molecule has 0 bridgehead atoms. The molecule has 8 heteroatoms. The van der Waals surface area contributed by atoms with Gasteiger partial charge in [0.1, 0.15) is 11.5 Å². The number of rotatable bonds is 10. The quantitative estimate of drug-likeness (QED) is 0.202. The van der Waals surface area contributed by atoms with Crippen LogP contribution in [0.5, 0.6) is 5.75 Å². The van der Waals surface area contributed by atoms with Crippen LogP contribution in [-0.2, 0) is 16.0 Å². The van der Waals surface area contributed by atoms with Gasteiger partial charge in [-0.1, -0.05) is 18.2 Å². The monoisotopic (exact) mass is 336 g/mol. The van der Waals surface area contributed by atoms with E-state index in [9.17, 15) is 19.8 Å². The van der Waals surface area contributed by atoms with E-state index in [1.807, 2.05) is 0 Å². The van der Waals surface area contributed by atoms with Gasteiger partial charge in [0.05, 0.1) is 12.0 Å². The Morgan fingerprint density at radius 1 is 1.29 bits per heavy atom. The average Bonchev–Trinajstić information content (AvgIpc) is 2.52. The van der Waals surface area contributed by atoms with E-state index in [-0.39, 0.29) is 30.3 Å². The van der Waals surface area contributed by atoms with Crippen LogP contribution in [0.15, 0.2) is 24.3 Å². The molecular formula is C16H24N4O4. The third kappa shape index (κ3) is 6.66. The number of carbonyl (C=O) groups is 2. The SMILES string of the molecule is N=C(N)NCCC[C@H](N)C(=O)C[C@@H](Cc1ccccc1O)C(=O)O. The molecule has 1 rings (SSSR count). The molecule has 1 aromatic carbocycles. The van der Waals surface area contributed by atoms with Gasteiger partial charge in [-0.3, -0.25) is 15.0 Å². The number of benzene rings is 1. The van der Waals surface area contributed by atoms with Crippen LogP contribution < -0.4 is 16.8 Å². The van der Waals surface area contributed by atoms with Crippen LogP contribution in [-0.4, -0.2) is 40.5 Å². The van der Waals surface area contributed by atoms with E-state index in [0.717, 1.165) is 0 Å². The normalized spacial score (nSPS) is 13.0. The Morgan fingerprint density at radius 3 is 2.54 bits per heavy atom. The molecule has 1 aromatic rings. The Bertz CT molecular complexity index is 591. The standard InChI is InChI=1S/C16H24N4O4/c17-12(5-3-7-20-16(18)19)14(22)9-11(15(23)24)8-10-4-1-2-6-13(10)21/h1-2,4,6,11-12,21H,3,5,7-9,17H2,(H,23,24)(H4,18,19,20)/t11-,12+/m1/s1. The minimum atomic E-state index is -1.10. The number of nitrogens with one attached hydrogen (secondary N) is 2. The van der Waals surface area contributed by atoms with Crippen molar-refractivity contribution in [3.8, 4) is 5.75 Å². The third-order valence-corrected chi connectivity index (χ3v) is 3.68. The number of carboxylic acids is 1. The fourth-order valence-corrected chi connectivity index (χ4v) is 2.30. The molecule has 0 amide bonds. The molecule has 0 aliphatic heterocycles. The third-order valence-electron chi connectivity index (χ3n) is 3.68. The number of ketones is 1. The van der Waals surface area contributed by atoms with Crippen molar-refractivity contribution in [2.75, 3.05) is 6.54 Å². The first-order valence-corrected chi connectivity index (χ1v) is 7.67. The fraction of sp³-hybridized carbons (Fsp3) is 0.438. The van der Waals surface area contributed by atoms with Gasteiger partial charge >= 0.3 is 5.97 Å². The number of hydrogen-bond donors (Lipinski definition) is 6. The number of carboxylic acid groups (broad SMARTS) is 1. The zero-order valence-corrected chi connectivity index (χ0v) is 13.4. The zero-order valence-electron chi connectivity index (χ0n) is 13.4. The number of para-hydroxylation sites is 1. The maximum atomic E-state index is 12.1. The van der Waals surface area contributed by atoms with Crippen molar-refractivity contribution in [2.24, 2.45) is 17.4 Å². The highest BCUT2D eigenvalue weighted by Gasteiger charge is 2.25. The van der Waals surface area contributed by atoms with Crippen molar-refractivity contribution in [2.45, 2.75) is 31.7 Å². The van der Waals surface area contributed by atoms with E-state index in [1.165, 1.54) is 6.07 Å². The van der Waals surface area contributed by atoms with Crippen LogP contribution in [0.25, 0.3) is 0 Å². The molecule has 0 radical (unpaired) electrons. The second-order valence-electron chi connectivity index (χ2n) is 5.63. The fourth-order valence-electron chi connectivity index (χ4n) is 2.30. The Morgan fingerprint density at radius 2 is 1.96 bits per heavy atom. The number of carbonyl (C=O) groups excluding carboxylic acids is 1. The van der Waals surface area contributed by atoms with E-state index in [4.69, 9.17) is 16.9 Å². The van der Waals surface area contributed by atoms with Crippen LogP contribution in [0.2, 0.25) is 0 Å². The van der Waals surface area contributed by atoms with E-state index in [1.54, 1.807) is 18.2 Å². The molecule has 0 aliphatic carbocycles. The summed E-state index contributed by atoms with van der Waals surface area (Å²) in [5, 5.41) is 28.7. The predicted octanol–water partition coefficient (Wildman–Crippen LogP) is 0.185. The van der Waals surface area contributed by atoms with Gasteiger partial charge < -0.3 is 27.0 Å². The first-order chi connectivity index (χ1) is 11.3. The topological polar surface area (TPSA) is 163 Å². The van der Waals surface area contributed by atoms with E-state index in [0.29, 0.717) is 24.9 Å². The van der Waals surface area contributed by atoms with Gasteiger partial charge in [0.2, 0.25) is 0 Å². The molecule has 0 saturated heterocycles. The zero-order chi connectivity index (χ0) is 18.1. The van der Waals surface area contributed by atoms with Crippen LogP contribution in [0.3, 0.4) is 0 Å². The number of aromatic hydroxyl groups is 1. The average molecular weight is 336 g/mol. The smallest absolute Gasteiger partial charge is 0.307 e. The number of phenols is 1. The molecule has 8 nitrogen and oxygen atoms in total. The lowest BCUT2D eigenvalue weighted by atomic mass is 9.91. The second kappa shape index (κ2) is 9.51. The molecule has 0 unspecified atom stereocenters. The van der Waals surface area contributed by atoms with Crippen LogP contribution in [0, 0.1) is 11.3 Å². The summed E-state index contributed by atoms with van der Waals surface area (Å²) < 4.78 is 0. The highest BCUT2D eigenvalue weighted by atomic mass is 16.4. The number of hydrogen-bond acceptors (Lipinski definition) is 5. The van der Waals surface area contributed by atoms with Crippen LogP contribution >= 0.6 is 0 Å². The van der Waals surface area contributed by atoms with Crippen molar-refractivity contribution in [3.05, 3.63) is 29.8 Å². The van der Waals surface area contributed by atoms with Crippen molar-refractivity contribution in [1.82, 2.24) is 5.32 Å². The second-order valence-corrected chi connectivity index (χ2v) is 5.63. The first-order valence-electron chi connectivity index (χ1n) is 7.67. The van der Waals surface area contributed by atoms with Crippen molar-refractivity contribution in [3.63, 3.8) is 0 Å². The van der Waals surface area contributed by atoms with Crippen LogP contribution in [0.4, 0.5) is 0 Å². The van der Waals surface area contributed by atoms with Gasteiger partial charge in [0.25, 0.3) is 0 Å². The van der Waals surface area contributed by atoms with Gasteiger partial charge in [-0.2, -0.15) is 0 Å². The lowest BCUT2D eigenvalue weighted by Gasteiger charge is -2.16. The lowest BCUT2D eigenvalue weighted by molar-refractivity contribution is -0.143. The molecule has 0 heterocycles. The minimum absolute atomic E-state index is 0.0100. The molecule has 0 fully saturated rings. The molecule has 0 aliphatic rings.